The minimum absolute atomic E-state index is 0. The van der Waals surface area contributed by atoms with Gasteiger partial charge in [0.15, 0.2) is 10.3 Å². The zero-order valence-electron chi connectivity index (χ0n) is 12.6. The van der Waals surface area contributed by atoms with E-state index < -0.39 is 0 Å². The molecule has 1 aromatic carbocycles. The lowest BCUT2D eigenvalue weighted by Crippen LogP contribution is -2.28. The van der Waals surface area contributed by atoms with Crippen LogP contribution in [0.4, 0.5) is 5.69 Å². The summed E-state index contributed by atoms with van der Waals surface area (Å²) in [5, 5.41) is 4.49. The van der Waals surface area contributed by atoms with Crippen LogP contribution < -0.4 is 0 Å². The summed E-state index contributed by atoms with van der Waals surface area (Å²) in [5.41, 5.74) is 3.75. The third-order valence-electron chi connectivity index (χ3n) is 3.77. The van der Waals surface area contributed by atoms with E-state index in [2.05, 4.69) is 51.5 Å². The molecule has 0 saturated carbocycles. The van der Waals surface area contributed by atoms with Crippen molar-refractivity contribution in [3.63, 3.8) is 0 Å². The van der Waals surface area contributed by atoms with E-state index in [1.807, 2.05) is 11.8 Å². The van der Waals surface area contributed by atoms with Crippen molar-refractivity contribution in [2.45, 2.75) is 6.54 Å². The van der Waals surface area contributed by atoms with Gasteiger partial charge >= 0.3 is 0 Å². The number of nitrogens with zero attached hydrogens (tertiary/aromatic N) is 4. The van der Waals surface area contributed by atoms with Crippen LogP contribution in [-0.2, 0) is 6.54 Å². The molecule has 0 bridgehead atoms. The van der Waals surface area contributed by atoms with Gasteiger partial charge in [-0.05, 0) is 17.0 Å². The van der Waals surface area contributed by atoms with Crippen molar-refractivity contribution < 1.29 is 0 Å². The Hall–Kier alpha value is -0.820. The monoisotopic (exact) mass is 388 g/mol. The molecule has 8 heteroatoms. The van der Waals surface area contributed by atoms with Gasteiger partial charge in [-0.2, -0.15) is 0 Å². The maximum Gasteiger partial charge on any atom is 0.173 e. The van der Waals surface area contributed by atoms with E-state index in [1.165, 1.54) is 11.3 Å². The molecule has 23 heavy (non-hydrogen) atoms. The van der Waals surface area contributed by atoms with Crippen LogP contribution in [0.1, 0.15) is 5.56 Å². The zero-order chi connectivity index (χ0) is 14.2. The Morgan fingerprint density at radius 3 is 2.87 bits per heavy atom. The topological polar surface area (TPSA) is 31.2 Å². The minimum atomic E-state index is 0. The van der Waals surface area contributed by atoms with Crippen molar-refractivity contribution in [1.82, 2.24) is 9.80 Å². The molecule has 3 aliphatic heterocycles. The SMILES string of the molecule is CN1CCN=C1SCC1=CSC2=Nc3ccccc3CN12.Cl.Cl. The Kier molecular flexibility index (Phi) is 6.31. The predicted molar refractivity (Wildman–Crippen MR) is 107 cm³/mol. The largest absolute Gasteiger partial charge is 0.353 e. The summed E-state index contributed by atoms with van der Waals surface area (Å²) in [6.07, 6.45) is 0. The van der Waals surface area contributed by atoms with E-state index in [9.17, 15) is 0 Å². The summed E-state index contributed by atoms with van der Waals surface area (Å²) in [6, 6.07) is 8.40. The van der Waals surface area contributed by atoms with Crippen molar-refractivity contribution >= 4 is 64.4 Å². The van der Waals surface area contributed by atoms with E-state index in [4.69, 9.17) is 4.99 Å². The third-order valence-corrected chi connectivity index (χ3v) is 5.82. The molecule has 1 aromatic rings. The van der Waals surface area contributed by atoms with Gasteiger partial charge < -0.3 is 9.80 Å². The maximum absolute atomic E-state index is 4.76. The Labute approximate surface area is 157 Å². The first-order valence-corrected chi connectivity index (χ1v) is 8.86. The summed E-state index contributed by atoms with van der Waals surface area (Å²) < 4.78 is 0. The van der Waals surface area contributed by atoms with Crippen LogP contribution in [-0.4, -0.2) is 46.0 Å². The van der Waals surface area contributed by atoms with Crippen molar-refractivity contribution in [2.75, 3.05) is 25.9 Å². The Morgan fingerprint density at radius 1 is 1.26 bits per heavy atom. The van der Waals surface area contributed by atoms with Crippen LogP contribution in [0.5, 0.6) is 0 Å². The molecule has 4 rings (SSSR count). The molecular weight excluding hydrogens is 371 g/mol. The van der Waals surface area contributed by atoms with Gasteiger partial charge in [-0.1, -0.05) is 41.7 Å². The molecule has 3 heterocycles. The number of likely N-dealkylation sites (N-methyl/N-ethyl adjacent to an activating group) is 1. The van der Waals surface area contributed by atoms with Gasteiger partial charge in [-0.3, -0.25) is 4.99 Å². The van der Waals surface area contributed by atoms with Gasteiger partial charge in [-0.15, -0.1) is 24.8 Å². The third kappa shape index (κ3) is 3.65. The van der Waals surface area contributed by atoms with Crippen molar-refractivity contribution in [3.8, 4) is 0 Å². The fourth-order valence-corrected chi connectivity index (χ4v) is 4.60. The van der Waals surface area contributed by atoms with Crippen LogP contribution in [0.3, 0.4) is 0 Å². The summed E-state index contributed by atoms with van der Waals surface area (Å²) in [4.78, 5) is 13.9. The van der Waals surface area contributed by atoms with Crippen LogP contribution in [0.25, 0.3) is 0 Å². The summed E-state index contributed by atoms with van der Waals surface area (Å²) in [6.45, 7) is 2.90. The number of benzene rings is 1. The molecule has 0 saturated heterocycles. The first kappa shape index (κ1) is 18.5. The quantitative estimate of drug-likeness (QED) is 0.766. The number of hydrogen-bond donors (Lipinski definition) is 0. The molecule has 0 amide bonds. The van der Waals surface area contributed by atoms with Gasteiger partial charge in [0.05, 0.1) is 18.8 Å². The Morgan fingerprint density at radius 2 is 2.09 bits per heavy atom. The number of fused-ring (bicyclic) bond motifs is 2. The summed E-state index contributed by atoms with van der Waals surface area (Å²) in [5.74, 6) is 0.956. The van der Waals surface area contributed by atoms with E-state index >= 15 is 0 Å². The first-order chi connectivity index (χ1) is 10.3. The number of hydrogen-bond acceptors (Lipinski definition) is 6. The molecular formula is C15H18Cl2N4S2. The zero-order valence-corrected chi connectivity index (χ0v) is 15.9. The van der Waals surface area contributed by atoms with Crippen molar-refractivity contribution in [2.24, 2.45) is 9.98 Å². The number of halogens is 2. The Bertz CT molecular complexity index is 675. The van der Waals surface area contributed by atoms with Crippen LogP contribution in [0.2, 0.25) is 0 Å². The average molecular weight is 389 g/mol. The standard InChI is InChI=1S/C15H16N4S2.2ClH/c1-18-7-6-16-14(18)20-9-12-10-21-15-17-13-5-3-2-4-11(13)8-19(12)15;;/h2-5,10H,6-9H2,1H3;2*1H. The number of rotatable bonds is 2. The van der Waals surface area contributed by atoms with Crippen LogP contribution in [0, 0.1) is 0 Å². The van der Waals surface area contributed by atoms with E-state index in [1.54, 1.807) is 11.8 Å². The Balaban J connectivity index is 0.000000960. The van der Waals surface area contributed by atoms with E-state index in [0.717, 1.165) is 41.4 Å². The van der Waals surface area contributed by atoms with Crippen LogP contribution in [0.15, 0.2) is 45.4 Å². The molecule has 124 valence electrons. The number of amidine groups is 2. The van der Waals surface area contributed by atoms with Gasteiger partial charge in [0.1, 0.15) is 0 Å². The van der Waals surface area contributed by atoms with Crippen LogP contribution >= 0.6 is 48.3 Å². The highest BCUT2D eigenvalue weighted by molar-refractivity contribution is 8.17. The molecule has 0 radical (unpaired) electrons. The van der Waals surface area contributed by atoms with E-state index in [0.29, 0.717) is 0 Å². The fourth-order valence-electron chi connectivity index (χ4n) is 2.57. The second-order valence-electron chi connectivity index (χ2n) is 5.21. The highest BCUT2D eigenvalue weighted by Gasteiger charge is 2.28. The average Bonchev–Trinajstić information content (AvgIpc) is 3.09. The highest BCUT2D eigenvalue weighted by atomic mass is 35.5. The molecule has 0 aliphatic carbocycles. The molecule has 0 aromatic heterocycles. The summed E-state index contributed by atoms with van der Waals surface area (Å²) in [7, 11) is 2.11. The lowest BCUT2D eigenvalue weighted by molar-refractivity contribution is 0.519. The van der Waals surface area contributed by atoms with Gasteiger partial charge in [-0.25, -0.2) is 4.99 Å². The molecule has 0 unspecified atom stereocenters. The van der Waals surface area contributed by atoms with Crippen molar-refractivity contribution in [3.05, 3.63) is 40.9 Å². The fraction of sp³-hybridized carbons (Fsp3) is 0.333. The number of aliphatic imine (C=N–C) groups is 2. The summed E-state index contributed by atoms with van der Waals surface area (Å²) >= 11 is 3.55. The predicted octanol–water partition coefficient (Wildman–Crippen LogP) is 3.96. The van der Waals surface area contributed by atoms with Gasteiger partial charge in [0.25, 0.3) is 0 Å². The maximum atomic E-state index is 4.76. The van der Waals surface area contributed by atoms with Gasteiger partial charge in [0, 0.05) is 25.0 Å². The molecule has 0 N–H and O–H groups in total. The minimum Gasteiger partial charge on any atom is -0.353 e. The smallest absolute Gasteiger partial charge is 0.173 e. The lowest BCUT2D eigenvalue weighted by Gasteiger charge is -2.27. The normalized spacial score (nSPS) is 18.2. The number of thioether (sulfide) groups is 2. The molecule has 0 spiro atoms. The van der Waals surface area contributed by atoms with E-state index in [-0.39, 0.29) is 24.8 Å². The molecule has 3 aliphatic rings. The number of para-hydroxylation sites is 1. The molecule has 4 nitrogen and oxygen atoms in total. The van der Waals surface area contributed by atoms with Crippen molar-refractivity contribution in [1.29, 1.82) is 0 Å². The second-order valence-corrected chi connectivity index (χ2v) is 6.99. The second kappa shape index (κ2) is 7.83. The highest BCUT2D eigenvalue weighted by Crippen LogP contribution is 2.37. The van der Waals surface area contributed by atoms with Gasteiger partial charge in [0.2, 0.25) is 0 Å². The lowest BCUT2D eigenvalue weighted by atomic mass is 10.1. The first-order valence-electron chi connectivity index (χ1n) is 6.99. The molecule has 0 fully saturated rings. The molecule has 0 atom stereocenters.